The number of halogens is 2. The molecule has 0 bridgehead atoms. The average molecular weight is 833 g/mol. The lowest BCUT2D eigenvalue weighted by Gasteiger charge is -2.35. The molecule has 3 aromatic rings. The quantitative estimate of drug-likeness (QED) is 0.150. The second-order valence-corrected chi connectivity index (χ2v) is 19.9. The van der Waals surface area contributed by atoms with E-state index in [1.165, 1.54) is 30.0 Å². The Morgan fingerprint density at radius 1 is 1.05 bits per heavy atom. The Morgan fingerprint density at radius 3 is 2.51 bits per heavy atom. The molecule has 0 radical (unpaired) electrons. The summed E-state index contributed by atoms with van der Waals surface area (Å²) in [6, 6.07) is 14.8. The van der Waals surface area contributed by atoms with E-state index in [9.17, 15) is 27.1 Å². The number of esters is 1. The lowest BCUT2D eigenvalue weighted by Crippen LogP contribution is -2.45. The monoisotopic (exact) mass is 832 g/mol. The molecular formula is C42H58F2N4O7S2. The van der Waals surface area contributed by atoms with Crippen LogP contribution in [0.3, 0.4) is 0 Å². The van der Waals surface area contributed by atoms with Gasteiger partial charge >= 0.3 is 5.97 Å². The maximum absolute atomic E-state index is 14.4. The van der Waals surface area contributed by atoms with E-state index in [2.05, 4.69) is 10.2 Å². The van der Waals surface area contributed by atoms with Gasteiger partial charge in [0.25, 0.3) is 6.43 Å². The Bertz CT molecular complexity index is 1870. The third kappa shape index (κ3) is 10.8. The van der Waals surface area contributed by atoms with Crippen molar-refractivity contribution in [1.82, 2.24) is 19.5 Å². The molecule has 57 heavy (non-hydrogen) atoms. The van der Waals surface area contributed by atoms with Gasteiger partial charge in [-0.15, -0.1) is 11.3 Å². The highest BCUT2D eigenvalue weighted by molar-refractivity contribution is 7.89. The third-order valence-corrected chi connectivity index (χ3v) is 15.0. The minimum absolute atomic E-state index is 0.0427. The molecule has 1 aliphatic carbocycles. The number of piperidine rings is 1. The number of aliphatic hydroxyl groups is 1. The van der Waals surface area contributed by atoms with Crippen LogP contribution in [0.2, 0.25) is 0 Å². The third-order valence-electron chi connectivity index (χ3n) is 12.2. The number of thiazole rings is 1. The normalized spacial score (nSPS) is 24.9. The molecule has 6 atom stereocenters. The van der Waals surface area contributed by atoms with Crippen molar-refractivity contribution in [2.45, 2.75) is 114 Å². The molecule has 3 aliphatic heterocycles. The molecule has 4 fully saturated rings. The Labute approximate surface area is 339 Å². The lowest BCUT2D eigenvalue weighted by molar-refractivity contribution is -0.153. The zero-order valence-corrected chi connectivity index (χ0v) is 34.6. The Morgan fingerprint density at radius 2 is 1.79 bits per heavy atom. The molecule has 0 unspecified atom stereocenters. The van der Waals surface area contributed by atoms with Crippen LogP contribution in [-0.2, 0) is 41.9 Å². The summed E-state index contributed by atoms with van der Waals surface area (Å²) < 4.78 is 74.0. The van der Waals surface area contributed by atoms with Gasteiger partial charge in [0.05, 0.1) is 58.3 Å². The van der Waals surface area contributed by atoms with Gasteiger partial charge in [0.2, 0.25) is 10.0 Å². The first-order valence-electron chi connectivity index (χ1n) is 20.7. The number of aliphatic hydroxyl groups excluding tert-OH is 1. The number of sulfonamides is 1. The zero-order chi connectivity index (χ0) is 40.1. The molecule has 11 nitrogen and oxygen atoms in total. The van der Waals surface area contributed by atoms with Crippen molar-refractivity contribution in [2.75, 3.05) is 45.9 Å². The van der Waals surface area contributed by atoms with E-state index in [-0.39, 0.29) is 43.5 Å². The van der Waals surface area contributed by atoms with Gasteiger partial charge in [-0.3, -0.25) is 4.79 Å². The molecule has 314 valence electrons. The predicted octanol–water partition coefficient (Wildman–Crippen LogP) is 5.89. The first kappa shape index (κ1) is 42.5. The lowest BCUT2D eigenvalue weighted by atomic mass is 9.90. The molecule has 2 N–H and O–H groups in total. The van der Waals surface area contributed by atoms with Gasteiger partial charge in [0.15, 0.2) is 6.29 Å². The Kier molecular flexibility index (Phi) is 14.3. The summed E-state index contributed by atoms with van der Waals surface area (Å²) in [4.78, 5) is 21.3. The van der Waals surface area contributed by atoms with Crippen molar-refractivity contribution in [1.29, 1.82) is 0 Å². The summed E-state index contributed by atoms with van der Waals surface area (Å²) in [7, 11) is -4.06. The number of carbonyl (C=O) groups excluding carboxylic acids is 1. The van der Waals surface area contributed by atoms with Crippen molar-refractivity contribution in [2.24, 2.45) is 23.7 Å². The molecule has 3 saturated heterocycles. The molecule has 0 spiro atoms. The van der Waals surface area contributed by atoms with Gasteiger partial charge in [-0.1, -0.05) is 57.0 Å². The molecule has 1 aromatic heterocycles. The van der Waals surface area contributed by atoms with E-state index in [1.54, 1.807) is 29.5 Å². The van der Waals surface area contributed by atoms with Crippen molar-refractivity contribution in [3.8, 4) is 0 Å². The van der Waals surface area contributed by atoms with Gasteiger partial charge in [0.1, 0.15) is 6.10 Å². The summed E-state index contributed by atoms with van der Waals surface area (Å²) in [5.41, 5.74) is 1.66. The van der Waals surface area contributed by atoms with Crippen LogP contribution >= 0.6 is 11.3 Å². The Hall–Kier alpha value is -2.63. The fraction of sp³-hybridized carbons (Fsp3) is 0.667. The van der Waals surface area contributed by atoms with Crippen LogP contribution in [-0.4, -0.2) is 117 Å². The van der Waals surface area contributed by atoms with Gasteiger partial charge < -0.3 is 29.5 Å². The number of carbonyl (C=O) groups is 1. The topological polar surface area (TPSA) is 131 Å². The predicted molar refractivity (Wildman–Crippen MR) is 215 cm³/mol. The minimum Gasteiger partial charge on any atom is -0.459 e. The van der Waals surface area contributed by atoms with E-state index in [0.717, 1.165) is 59.2 Å². The van der Waals surface area contributed by atoms with Gasteiger partial charge in [-0.2, -0.15) is 4.31 Å². The molecule has 1 saturated carbocycles. The largest absolute Gasteiger partial charge is 0.459 e. The summed E-state index contributed by atoms with van der Waals surface area (Å²) in [6.07, 6.45) is 3.53. The number of aromatic nitrogens is 1. The summed E-state index contributed by atoms with van der Waals surface area (Å²) >= 11 is 1.56. The number of alkyl halides is 2. The van der Waals surface area contributed by atoms with Crippen molar-refractivity contribution >= 4 is 37.5 Å². The van der Waals surface area contributed by atoms with Crippen LogP contribution in [0.5, 0.6) is 0 Å². The van der Waals surface area contributed by atoms with Crippen LogP contribution < -0.4 is 5.32 Å². The van der Waals surface area contributed by atoms with Crippen LogP contribution in [0.15, 0.2) is 53.4 Å². The number of benzene rings is 2. The number of hydrogen-bond donors (Lipinski definition) is 2. The number of hydrogen-bond acceptors (Lipinski definition) is 11. The molecule has 2 aromatic carbocycles. The van der Waals surface area contributed by atoms with Gasteiger partial charge in [-0.05, 0) is 80.8 Å². The molecule has 7 rings (SSSR count). The van der Waals surface area contributed by atoms with Crippen molar-refractivity contribution < 1.29 is 41.3 Å². The molecule has 15 heteroatoms. The fourth-order valence-corrected chi connectivity index (χ4v) is 12.0. The van der Waals surface area contributed by atoms with E-state index in [0.29, 0.717) is 12.3 Å². The molecular weight excluding hydrogens is 775 g/mol. The summed E-state index contributed by atoms with van der Waals surface area (Å²) in [5.74, 6) is -1.20. The molecule has 0 amide bonds. The second kappa shape index (κ2) is 19.2. The number of fused-ring (bicyclic) bond motifs is 2. The summed E-state index contributed by atoms with van der Waals surface area (Å²) in [5, 5.41) is 15.7. The van der Waals surface area contributed by atoms with Gasteiger partial charge in [-0.25, -0.2) is 22.2 Å². The second-order valence-electron chi connectivity index (χ2n) is 16.8. The highest BCUT2D eigenvalue weighted by Crippen LogP contribution is 2.35. The number of nitrogens with one attached hydrogen (secondary N) is 1. The van der Waals surface area contributed by atoms with E-state index >= 15 is 0 Å². The maximum Gasteiger partial charge on any atom is 0.306 e. The highest BCUT2D eigenvalue weighted by Gasteiger charge is 2.50. The molecule has 4 heterocycles. The van der Waals surface area contributed by atoms with Crippen LogP contribution in [0.4, 0.5) is 8.78 Å². The maximum atomic E-state index is 14.4. The standard InChI is InChI=1S/C42H58F2N4O7S2/c1-27(2)23-48(57(51,52)32-12-13-33-37(21-32)56-39(46-33)19-29-14-16-47(17-15-29)31-10-6-7-11-31)24-35(49)30(18-28-8-4-3-5-9-28)20-40(50)55-36-26-54-42-41(36)34(25-53-42)45-22-38(43)44/h3-5,8-9,12-13,21,27,29-31,34-36,38,41-42,45,49H,6-7,10-11,14-20,22-26H2,1-2H3/t30-,34+,35-,36+,41+,42-/m1/s1. The number of ether oxygens (including phenoxy) is 3. The van der Waals surface area contributed by atoms with E-state index < -0.39 is 65.3 Å². The number of likely N-dealkylation sites (tertiary alicyclic amines) is 1. The Balaban J connectivity index is 1.03. The summed E-state index contributed by atoms with van der Waals surface area (Å²) in [6.45, 7) is 5.79. The van der Waals surface area contributed by atoms with Gasteiger partial charge in [0, 0.05) is 37.5 Å². The fourth-order valence-electron chi connectivity index (χ4n) is 9.17. The first-order chi connectivity index (χ1) is 27.4. The van der Waals surface area contributed by atoms with E-state index in [4.69, 9.17) is 19.2 Å². The molecule has 4 aliphatic rings. The van der Waals surface area contributed by atoms with Crippen LogP contribution in [0.1, 0.15) is 69.4 Å². The van der Waals surface area contributed by atoms with Crippen molar-refractivity contribution in [3.05, 3.63) is 59.1 Å². The SMILES string of the molecule is CC(C)CN(C[C@@H](O)[C@@H](CC(=O)O[C@H]1CO[C@H]2OC[C@H](NCC(F)F)[C@H]21)Cc1ccccc1)S(=O)(=O)c1ccc2nc(CC3CCN(C4CCCC4)CC3)sc2c1. The smallest absolute Gasteiger partial charge is 0.306 e. The van der Waals surface area contributed by atoms with E-state index in [1.807, 2.05) is 44.2 Å². The average Bonchev–Trinajstić information content (AvgIpc) is 4.00. The number of nitrogens with zero attached hydrogens (tertiary/aromatic N) is 3. The van der Waals surface area contributed by atoms with Crippen molar-refractivity contribution in [3.63, 3.8) is 0 Å². The highest BCUT2D eigenvalue weighted by atomic mass is 32.2. The zero-order valence-electron chi connectivity index (χ0n) is 33.0. The first-order valence-corrected chi connectivity index (χ1v) is 23.0. The van der Waals surface area contributed by atoms with Crippen LogP contribution in [0, 0.1) is 23.7 Å². The van der Waals surface area contributed by atoms with Crippen LogP contribution in [0.25, 0.3) is 10.2 Å². The minimum atomic E-state index is -4.06. The number of rotatable bonds is 18.